The Hall–Kier alpha value is -1.24. The molecular weight excluding hydrogens is 375 g/mol. The maximum Gasteiger partial charge on any atom is 0.188 e. The van der Waals surface area contributed by atoms with Crippen LogP contribution in [0.3, 0.4) is 0 Å². The molecule has 0 aliphatic heterocycles. The minimum absolute atomic E-state index is 0. The van der Waals surface area contributed by atoms with Gasteiger partial charge in [-0.1, -0.05) is 12.5 Å². The molecule has 1 aliphatic carbocycles. The summed E-state index contributed by atoms with van der Waals surface area (Å²) in [6.45, 7) is 1.71. The van der Waals surface area contributed by atoms with Gasteiger partial charge >= 0.3 is 0 Å². The van der Waals surface area contributed by atoms with Crippen LogP contribution in [0.1, 0.15) is 24.8 Å². The normalized spacial score (nSPS) is 15.5. The number of aromatic nitrogens is 1. The quantitative estimate of drug-likeness (QED) is 0.412. The number of nitrogens with one attached hydrogen (secondary N) is 2. The predicted octanol–water partition coefficient (Wildman–Crippen LogP) is 3.03. The number of benzene rings is 1. The molecule has 4 nitrogen and oxygen atoms in total. The molecule has 0 radical (unpaired) electrons. The largest absolute Gasteiger partial charge is 0.370 e. The SMILES string of the molecule is I.NC(=NCC1CCC1)NCCc1ccc2[nH]ccc2c1. The molecule has 1 fully saturated rings. The first-order valence-electron chi connectivity index (χ1n) is 7.41. The van der Waals surface area contributed by atoms with Gasteiger partial charge in [0.25, 0.3) is 0 Å². The number of nitrogens with two attached hydrogens (primary N) is 1. The van der Waals surface area contributed by atoms with Gasteiger partial charge in [0.05, 0.1) is 0 Å². The summed E-state index contributed by atoms with van der Waals surface area (Å²) < 4.78 is 0. The van der Waals surface area contributed by atoms with Crippen molar-refractivity contribution in [1.82, 2.24) is 10.3 Å². The molecule has 0 atom stereocenters. The molecule has 1 aromatic carbocycles. The molecule has 21 heavy (non-hydrogen) atoms. The highest BCUT2D eigenvalue weighted by Crippen LogP contribution is 2.26. The van der Waals surface area contributed by atoms with E-state index < -0.39 is 0 Å². The summed E-state index contributed by atoms with van der Waals surface area (Å²) >= 11 is 0. The molecule has 1 heterocycles. The smallest absolute Gasteiger partial charge is 0.188 e. The Balaban J connectivity index is 0.00000161. The van der Waals surface area contributed by atoms with Crippen molar-refractivity contribution in [2.24, 2.45) is 16.6 Å². The zero-order valence-electron chi connectivity index (χ0n) is 12.1. The Morgan fingerprint density at radius 2 is 2.19 bits per heavy atom. The van der Waals surface area contributed by atoms with Crippen LogP contribution in [0, 0.1) is 5.92 Å². The number of rotatable bonds is 5. The van der Waals surface area contributed by atoms with Crippen LogP contribution < -0.4 is 11.1 Å². The Kier molecular flexibility index (Phi) is 5.90. The summed E-state index contributed by atoms with van der Waals surface area (Å²) in [5.41, 5.74) is 8.37. The van der Waals surface area contributed by atoms with E-state index in [2.05, 4.69) is 39.6 Å². The topological polar surface area (TPSA) is 66.2 Å². The minimum atomic E-state index is 0. The zero-order valence-corrected chi connectivity index (χ0v) is 14.5. The summed E-state index contributed by atoms with van der Waals surface area (Å²) in [6, 6.07) is 8.59. The average Bonchev–Trinajstić information content (AvgIpc) is 2.84. The van der Waals surface area contributed by atoms with E-state index in [9.17, 15) is 0 Å². The van der Waals surface area contributed by atoms with Crippen molar-refractivity contribution in [2.75, 3.05) is 13.1 Å². The van der Waals surface area contributed by atoms with Gasteiger partial charge in [-0.25, -0.2) is 0 Å². The van der Waals surface area contributed by atoms with Gasteiger partial charge in [0.1, 0.15) is 0 Å². The molecule has 0 spiro atoms. The summed E-state index contributed by atoms with van der Waals surface area (Å²) in [7, 11) is 0. The Morgan fingerprint density at radius 1 is 1.33 bits per heavy atom. The predicted molar refractivity (Wildman–Crippen MR) is 99.3 cm³/mol. The van der Waals surface area contributed by atoms with E-state index in [1.165, 1.54) is 35.7 Å². The number of guanidine groups is 1. The van der Waals surface area contributed by atoms with Crippen molar-refractivity contribution in [1.29, 1.82) is 0 Å². The number of aromatic amines is 1. The van der Waals surface area contributed by atoms with Crippen LogP contribution in [0.25, 0.3) is 10.9 Å². The van der Waals surface area contributed by atoms with Crippen LogP contribution in [0.5, 0.6) is 0 Å². The summed E-state index contributed by atoms with van der Waals surface area (Å²) in [6.07, 6.45) is 6.91. The number of fused-ring (bicyclic) bond motifs is 1. The van der Waals surface area contributed by atoms with Crippen LogP contribution >= 0.6 is 24.0 Å². The molecule has 0 amide bonds. The minimum Gasteiger partial charge on any atom is -0.370 e. The van der Waals surface area contributed by atoms with E-state index >= 15 is 0 Å². The zero-order chi connectivity index (χ0) is 13.8. The molecule has 1 aliphatic rings. The summed E-state index contributed by atoms with van der Waals surface area (Å²) in [5, 5.41) is 4.45. The lowest BCUT2D eigenvalue weighted by Crippen LogP contribution is -2.34. The van der Waals surface area contributed by atoms with Crippen LogP contribution in [-0.4, -0.2) is 24.0 Å². The van der Waals surface area contributed by atoms with Gasteiger partial charge in [-0.2, -0.15) is 0 Å². The lowest BCUT2D eigenvalue weighted by Gasteiger charge is -2.23. The van der Waals surface area contributed by atoms with E-state index in [0.717, 1.165) is 25.4 Å². The highest BCUT2D eigenvalue weighted by molar-refractivity contribution is 14.0. The molecule has 1 aromatic heterocycles. The summed E-state index contributed by atoms with van der Waals surface area (Å²) in [5.74, 6) is 1.35. The standard InChI is InChI=1S/C16H22N4.HI/c17-16(20-11-13-2-1-3-13)19-8-6-12-4-5-15-14(10-12)7-9-18-15;/h4-5,7,9-10,13,18H,1-3,6,8,11H2,(H3,17,19,20);1H. The van der Waals surface area contributed by atoms with Gasteiger partial charge in [-0.3, -0.25) is 4.99 Å². The Morgan fingerprint density at radius 3 is 2.95 bits per heavy atom. The van der Waals surface area contributed by atoms with Gasteiger partial charge in [-0.15, -0.1) is 24.0 Å². The van der Waals surface area contributed by atoms with Crippen LogP contribution in [-0.2, 0) is 6.42 Å². The second-order valence-electron chi connectivity index (χ2n) is 5.60. The number of H-pyrrole nitrogens is 1. The van der Waals surface area contributed by atoms with Crippen molar-refractivity contribution in [2.45, 2.75) is 25.7 Å². The molecule has 3 rings (SSSR count). The van der Waals surface area contributed by atoms with Gasteiger partial charge in [0, 0.05) is 24.8 Å². The third-order valence-electron chi connectivity index (χ3n) is 4.08. The number of hydrogen-bond acceptors (Lipinski definition) is 1. The van der Waals surface area contributed by atoms with E-state index in [0.29, 0.717) is 5.96 Å². The number of hydrogen-bond donors (Lipinski definition) is 3. The highest BCUT2D eigenvalue weighted by Gasteiger charge is 2.16. The number of halogens is 1. The van der Waals surface area contributed by atoms with E-state index in [1.54, 1.807) is 0 Å². The monoisotopic (exact) mass is 398 g/mol. The molecule has 114 valence electrons. The maximum absolute atomic E-state index is 5.87. The van der Waals surface area contributed by atoms with Crippen molar-refractivity contribution in [3.8, 4) is 0 Å². The lowest BCUT2D eigenvalue weighted by atomic mass is 9.86. The molecule has 0 saturated heterocycles. The average molecular weight is 398 g/mol. The first kappa shape index (κ1) is 16.1. The van der Waals surface area contributed by atoms with Gasteiger partial charge in [0.2, 0.25) is 0 Å². The van der Waals surface area contributed by atoms with E-state index in [4.69, 9.17) is 5.73 Å². The van der Waals surface area contributed by atoms with Crippen molar-refractivity contribution in [3.63, 3.8) is 0 Å². The Bertz CT molecular complexity index is 601. The van der Waals surface area contributed by atoms with Crippen LogP contribution in [0.2, 0.25) is 0 Å². The molecular formula is C16H23IN4. The van der Waals surface area contributed by atoms with Crippen molar-refractivity contribution >= 4 is 40.8 Å². The van der Waals surface area contributed by atoms with E-state index in [1.807, 2.05) is 6.20 Å². The van der Waals surface area contributed by atoms with Crippen molar-refractivity contribution < 1.29 is 0 Å². The van der Waals surface area contributed by atoms with Crippen molar-refractivity contribution in [3.05, 3.63) is 36.0 Å². The van der Waals surface area contributed by atoms with Crippen LogP contribution in [0.4, 0.5) is 0 Å². The second-order valence-corrected chi connectivity index (χ2v) is 5.60. The fourth-order valence-corrected chi connectivity index (χ4v) is 2.55. The van der Waals surface area contributed by atoms with Gasteiger partial charge in [0.15, 0.2) is 5.96 Å². The first-order valence-corrected chi connectivity index (χ1v) is 7.41. The lowest BCUT2D eigenvalue weighted by molar-refractivity contribution is 0.326. The third kappa shape index (κ3) is 4.36. The second kappa shape index (κ2) is 7.68. The molecule has 0 unspecified atom stereocenters. The molecule has 1 saturated carbocycles. The van der Waals surface area contributed by atoms with Gasteiger partial charge in [-0.05, 0) is 54.3 Å². The Labute approximate surface area is 142 Å². The maximum atomic E-state index is 5.87. The molecule has 0 bridgehead atoms. The number of nitrogens with zero attached hydrogens (tertiary/aromatic N) is 1. The molecule has 4 N–H and O–H groups in total. The fourth-order valence-electron chi connectivity index (χ4n) is 2.55. The molecule has 2 aromatic rings. The molecule has 5 heteroatoms. The number of aliphatic imine (C=N–C) groups is 1. The van der Waals surface area contributed by atoms with Gasteiger partial charge < -0.3 is 16.0 Å². The first-order chi connectivity index (χ1) is 9.81. The highest BCUT2D eigenvalue weighted by atomic mass is 127. The van der Waals surface area contributed by atoms with Crippen LogP contribution in [0.15, 0.2) is 35.5 Å². The summed E-state index contributed by atoms with van der Waals surface area (Å²) in [4.78, 5) is 7.60. The third-order valence-corrected chi connectivity index (χ3v) is 4.08. The van der Waals surface area contributed by atoms with E-state index in [-0.39, 0.29) is 24.0 Å². The fraction of sp³-hybridized carbons (Fsp3) is 0.438.